The number of hydrogen-bond donors (Lipinski definition) is 2. The number of halogens is 1. The van der Waals surface area contributed by atoms with Gasteiger partial charge < -0.3 is 14.9 Å². The zero-order valence-corrected chi connectivity index (χ0v) is 13.0. The molecule has 0 aromatic heterocycles. The number of carbonyl (C=O) groups excluding carboxylic acids is 1. The summed E-state index contributed by atoms with van der Waals surface area (Å²) in [6, 6.07) is 7.00. The summed E-state index contributed by atoms with van der Waals surface area (Å²) < 4.78 is 5.51. The highest BCUT2D eigenvalue weighted by Crippen LogP contribution is 2.44. The van der Waals surface area contributed by atoms with Gasteiger partial charge in [-0.2, -0.15) is 0 Å². The van der Waals surface area contributed by atoms with Crippen molar-refractivity contribution in [1.29, 1.82) is 0 Å². The topological polar surface area (TPSA) is 96.2 Å². The summed E-state index contributed by atoms with van der Waals surface area (Å²) in [5.74, 6) is -1.43. The SMILES string of the molecule is O=C(O)C(O)CC1=NC2(c3ccccc3Cl)CCCC(O1)C2=O. The Kier molecular flexibility index (Phi) is 4.12. The van der Waals surface area contributed by atoms with E-state index in [9.17, 15) is 14.7 Å². The molecule has 1 aliphatic carbocycles. The van der Waals surface area contributed by atoms with Crippen LogP contribution < -0.4 is 0 Å². The van der Waals surface area contributed by atoms with E-state index in [1.54, 1.807) is 24.3 Å². The van der Waals surface area contributed by atoms with Crippen molar-refractivity contribution in [1.82, 2.24) is 0 Å². The molecule has 3 atom stereocenters. The van der Waals surface area contributed by atoms with Crippen molar-refractivity contribution in [3.63, 3.8) is 0 Å². The quantitative estimate of drug-likeness (QED) is 0.875. The fourth-order valence-corrected chi connectivity index (χ4v) is 3.45. The van der Waals surface area contributed by atoms with Gasteiger partial charge in [0, 0.05) is 10.6 Å². The molecular weight excluding hydrogens is 322 g/mol. The van der Waals surface area contributed by atoms with Crippen molar-refractivity contribution in [2.45, 2.75) is 43.4 Å². The average Bonchev–Trinajstić information content (AvgIpc) is 2.49. The summed E-state index contributed by atoms with van der Waals surface area (Å²) in [5.41, 5.74) is -0.547. The number of ether oxygens (including phenoxy) is 1. The number of carboxylic acid groups (broad SMARTS) is 1. The number of fused-ring (bicyclic) bond motifs is 2. The summed E-state index contributed by atoms with van der Waals surface area (Å²) in [4.78, 5) is 28.0. The van der Waals surface area contributed by atoms with Crippen molar-refractivity contribution in [2.75, 3.05) is 0 Å². The molecule has 0 amide bonds. The monoisotopic (exact) mass is 337 g/mol. The Hall–Kier alpha value is -1.92. The smallest absolute Gasteiger partial charge is 0.333 e. The number of Topliss-reactive ketones (excluding diaryl/α,β-unsaturated/α-hetero) is 1. The van der Waals surface area contributed by atoms with Gasteiger partial charge in [0.2, 0.25) is 5.78 Å². The molecule has 0 saturated heterocycles. The minimum atomic E-state index is -1.62. The number of benzene rings is 1. The summed E-state index contributed by atoms with van der Waals surface area (Å²) in [6.07, 6.45) is -0.778. The van der Waals surface area contributed by atoms with E-state index in [0.717, 1.165) is 6.42 Å². The molecule has 1 aliphatic heterocycles. The minimum absolute atomic E-state index is 0.0871. The van der Waals surface area contributed by atoms with Crippen LogP contribution in [0, 0.1) is 0 Å². The lowest BCUT2D eigenvalue weighted by molar-refractivity contribution is -0.146. The third-order valence-corrected chi connectivity index (χ3v) is 4.60. The van der Waals surface area contributed by atoms with E-state index in [2.05, 4.69) is 4.99 Å². The van der Waals surface area contributed by atoms with E-state index in [4.69, 9.17) is 21.4 Å². The zero-order chi connectivity index (χ0) is 16.6. The third-order valence-electron chi connectivity index (χ3n) is 4.27. The number of aliphatic hydroxyl groups excluding tert-OH is 1. The fourth-order valence-electron chi connectivity index (χ4n) is 3.16. The Morgan fingerprint density at radius 2 is 2.22 bits per heavy atom. The van der Waals surface area contributed by atoms with Crippen LogP contribution in [0.4, 0.5) is 0 Å². The van der Waals surface area contributed by atoms with Gasteiger partial charge in [-0.05, 0) is 25.3 Å². The largest absolute Gasteiger partial charge is 0.479 e. The van der Waals surface area contributed by atoms with Crippen LogP contribution >= 0.6 is 11.6 Å². The first-order valence-electron chi connectivity index (χ1n) is 7.39. The molecule has 122 valence electrons. The second-order valence-electron chi connectivity index (χ2n) is 5.77. The van der Waals surface area contributed by atoms with E-state index in [0.29, 0.717) is 23.4 Å². The second-order valence-corrected chi connectivity index (χ2v) is 6.17. The van der Waals surface area contributed by atoms with Gasteiger partial charge in [-0.25, -0.2) is 9.79 Å². The molecule has 2 N–H and O–H groups in total. The van der Waals surface area contributed by atoms with Gasteiger partial charge in [0.1, 0.15) is 0 Å². The first kappa shape index (κ1) is 16.0. The molecule has 7 heteroatoms. The molecule has 1 heterocycles. The maximum Gasteiger partial charge on any atom is 0.333 e. The van der Waals surface area contributed by atoms with Crippen LogP contribution in [0.2, 0.25) is 5.02 Å². The zero-order valence-electron chi connectivity index (χ0n) is 12.2. The van der Waals surface area contributed by atoms with Crippen LogP contribution in [0.15, 0.2) is 29.3 Å². The predicted octanol–water partition coefficient (Wildman–Crippen LogP) is 1.92. The minimum Gasteiger partial charge on any atom is -0.479 e. The van der Waals surface area contributed by atoms with Gasteiger partial charge in [-0.3, -0.25) is 4.79 Å². The lowest BCUT2D eigenvalue weighted by atomic mass is 9.74. The van der Waals surface area contributed by atoms with E-state index in [-0.39, 0.29) is 18.1 Å². The van der Waals surface area contributed by atoms with Gasteiger partial charge in [0.05, 0.1) is 6.42 Å². The van der Waals surface area contributed by atoms with E-state index in [1.807, 2.05) is 0 Å². The molecule has 0 spiro atoms. The molecule has 2 bridgehead atoms. The molecule has 23 heavy (non-hydrogen) atoms. The lowest BCUT2D eigenvalue weighted by Gasteiger charge is -2.41. The average molecular weight is 338 g/mol. The van der Waals surface area contributed by atoms with Crippen molar-refractivity contribution < 1.29 is 24.5 Å². The highest BCUT2D eigenvalue weighted by atomic mass is 35.5. The highest BCUT2D eigenvalue weighted by molar-refractivity contribution is 6.32. The van der Waals surface area contributed by atoms with Gasteiger partial charge in [0.15, 0.2) is 23.6 Å². The molecule has 3 unspecified atom stereocenters. The second kappa shape index (κ2) is 5.94. The first-order chi connectivity index (χ1) is 10.9. The fraction of sp³-hybridized carbons (Fsp3) is 0.438. The number of nitrogens with zero attached hydrogens (tertiary/aromatic N) is 1. The Morgan fingerprint density at radius 3 is 2.91 bits per heavy atom. The number of aliphatic imine (C=N–C) groups is 1. The number of rotatable bonds is 4. The van der Waals surface area contributed by atoms with Crippen LogP contribution in [-0.4, -0.2) is 40.1 Å². The van der Waals surface area contributed by atoms with Crippen LogP contribution in [0.25, 0.3) is 0 Å². The Labute approximate surface area is 137 Å². The summed E-state index contributed by atoms with van der Waals surface area (Å²) in [5, 5.41) is 18.8. The van der Waals surface area contributed by atoms with Gasteiger partial charge in [0.25, 0.3) is 0 Å². The Balaban J connectivity index is 2.05. The van der Waals surface area contributed by atoms with Crippen LogP contribution in [-0.2, 0) is 19.9 Å². The first-order valence-corrected chi connectivity index (χ1v) is 7.77. The number of aliphatic carboxylic acids is 1. The molecule has 1 aromatic rings. The van der Waals surface area contributed by atoms with E-state index < -0.39 is 23.7 Å². The molecule has 6 nitrogen and oxygen atoms in total. The Bertz CT molecular complexity index is 689. The van der Waals surface area contributed by atoms with Crippen LogP contribution in [0.5, 0.6) is 0 Å². The summed E-state index contributed by atoms with van der Waals surface area (Å²) in [7, 11) is 0. The third kappa shape index (κ3) is 2.72. The molecule has 1 fully saturated rings. The molecule has 3 rings (SSSR count). The van der Waals surface area contributed by atoms with E-state index in [1.165, 1.54) is 0 Å². The molecule has 1 aromatic carbocycles. The number of carboxylic acids is 1. The maximum atomic E-state index is 12.8. The highest BCUT2D eigenvalue weighted by Gasteiger charge is 2.51. The van der Waals surface area contributed by atoms with Crippen molar-refractivity contribution in [3.05, 3.63) is 34.9 Å². The number of aliphatic hydroxyl groups is 1. The summed E-state index contributed by atoms with van der Waals surface area (Å²) in [6.45, 7) is 0. The number of hydrogen-bond acceptors (Lipinski definition) is 5. The molecular formula is C16H16ClNO5. The van der Waals surface area contributed by atoms with Crippen LogP contribution in [0.3, 0.4) is 0 Å². The maximum absolute atomic E-state index is 12.8. The van der Waals surface area contributed by atoms with Crippen molar-refractivity contribution in [2.24, 2.45) is 4.99 Å². The predicted molar refractivity (Wildman–Crippen MR) is 82.6 cm³/mol. The van der Waals surface area contributed by atoms with Gasteiger partial charge >= 0.3 is 5.97 Å². The molecule has 0 radical (unpaired) electrons. The van der Waals surface area contributed by atoms with Crippen molar-refractivity contribution >= 4 is 29.3 Å². The Morgan fingerprint density at radius 1 is 1.48 bits per heavy atom. The molecule has 1 saturated carbocycles. The normalized spacial score (nSPS) is 27.8. The van der Waals surface area contributed by atoms with Crippen LogP contribution in [0.1, 0.15) is 31.2 Å². The summed E-state index contributed by atoms with van der Waals surface area (Å²) >= 11 is 6.26. The number of ketones is 1. The standard InChI is InChI=1S/C16H16ClNO5/c17-10-5-2-1-4-9(10)16-7-3-6-12(14(16)20)23-13(18-16)8-11(19)15(21)22/h1-2,4-5,11-12,19H,3,6-8H2,(H,21,22). The van der Waals surface area contributed by atoms with Gasteiger partial charge in [-0.15, -0.1) is 0 Å². The molecule has 2 aliphatic rings. The lowest BCUT2D eigenvalue weighted by Crippen LogP contribution is -2.51. The number of carbonyl (C=O) groups is 2. The van der Waals surface area contributed by atoms with E-state index >= 15 is 0 Å². The van der Waals surface area contributed by atoms with Crippen molar-refractivity contribution in [3.8, 4) is 0 Å². The van der Waals surface area contributed by atoms with Gasteiger partial charge in [-0.1, -0.05) is 29.8 Å².